The van der Waals surface area contributed by atoms with Crippen molar-refractivity contribution >= 4 is 29.1 Å². The van der Waals surface area contributed by atoms with Gasteiger partial charge in [-0.1, -0.05) is 35.3 Å². The van der Waals surface area contributed by atoms with Crippen molar-refractivity contribution in [2.75, 3.05) is 19.8 Å². The minimum Gasteiger partial charge on any atom is -0.388 e. The van der Waals surface area contributed by atoms with E-state index in [4.69, 9.17) is 27.9 Å². The lowest BCUT2D eigenvalue weighted by atomic mass is 9.94. The van der Waals surface area contributed by atoms with Crippen LogP contribution in [-0.4, -0.2) is 36.4 Å². The van der Waals surface area contributed by atoms with Crippen molar-refractivity contribution in [2.45, 2.75) is 30.8 Å². The number of carbonyl (C=O) groups is 1. The van der Waals surface area contributed by atoms with E-state index in [-0.39, 0.29) is 24.3 Å². The van der Waals surface area contributed by atoms with Gasteiger partial charge in [0.15, 0.2) is 0 Å². The maximum atomic E-state index is 12.2. The molecule has 1 heterocycles. The molecule has 120 valence electrons. The zero-order chi connectivity index (χ0) is 15.7. The first-order valence-electron chi connectivity index (χ1n) is 7.52. The number of rotatable bonds is 4. The number of ether oxygens (including phenoxy) is 1. The van der Waals surface area contributed by atoms with Gasteiger partial charge in [-0.05, 0) is 24.0 Å². The van der Waals surface area contributed by atoms with Crippen molar-refractivity contribution in [1.82, 2.24) is 5.32 Å². The van der Waals surface area contributed by atoms with E-state index in [9.17, 15) is 9.90 Å². The van der Waals surface area contributed by atoms with E-state index >= 15 is 0 Å². The Morgan fingerprint density at radius 2 is 2.09 bits per heavy atom. The lowest BCUT2D eigenvalue weighted by molar-refractivity contribution is -0.125. The summed E-state index contributed by atoms with van der Waals surface area (Å²) < 4.78 is 5.23. The van der Waals surface area contributed by atoms with Gasteiger partial charge in [0.2, 0.25) is 5.91 Å². The van der Waals surface area contributed by atoms with Crippen LogP contribution in [0, 0.1) is 5.92 Å². The number of hydrogen-bond donors (Lipinski definition) is 2. The molecule has 22 heavy (non-hydrogen) atoms. The van der Waals surface area contributed by atoms with Crippen molar-refractivity contribution in [2.24, 2.45) is 5.92 Å². The highest BCUT2D eigenvalue weighted by atomic mass is 35.5. The molecule has 2 N–H and O–H groups in total. The van der Waals surface area contributed by atoms with Gasteiger partial charge in [-0.2, -0.15) is 0 Å². The zero-order valence-electron chi connectivity index (χ0n) is 12.1. The zero-order valence-corrected chi connectivity index (χ0v) is 13.7. The third-order valence-corrected chi connectivity index (χ3v) is 5.36. The third-order valence-electron chi connectivity index (χ3n) is 4.52. The van der Waals surface area contributed by atoms with Crippen LogP contribution in [0.5, 0.6) is 0 Å². The molecule has 2 unspecified atom stereocenters. The summed E-state index contributed by atoms with van der Waals surface area (Å²) in [5.41, 5.74) is 0.0884. The molecular weight excluding hydrogens is 325 g/mol. The predicted octanol–water partition coefficient (Wildman–Crippen LogP) is 2.75. The summed E-state index contributed by atoms with van der Waals surface area (Å²) in [4.78, 5) is 12.2. The lowest BCUT2D eigenvalue weighted by Gasteiger charge is -2.32. The summed E-state index contributed by atoms with van der Waals surface area (Å²) in [5.74, 6) is 0.0101. The van der Waals surface area contributed by atoms with Crippen LogP contribution in [0.2, 0.25) is 10.0 Å². The van der Waals surface area contributed by atoms with Crippen LogP contribution in [0.25, 0.3) is 0 Å². The molecule has 0 aromatic heterocycles. The first-order chi connectivity index (χ1) is 10.5. The van der Waals surface area contributed by atoms with Gasteiger partial charge in [-0.15, -0.1) is 0 Å². The molecule has 1 aromatic rings. The molecule has 1 saturated heterocycles. The molecular formula is C16H19Cl2NO3. The Bertz CT molecular complexity index is 573. The highest BCUT2D eigenvalue weighted by molar-refractivity contribution is 6.42. The Morgan fingerprint density at radius 3 is 2.82 bits per heavy atom. The Kier molecular flexibility index (Phi) is 4.64. The van der Waals surface area contributed by atoms with E-state index in [1.165, 1.54) is 0 Å². The summed E-state index contributed by atoms with van der Waals surface area (Å²) >= 11 is 12.2. The Hall–Kier alpha value is -0.810. The number of aliphatic hydroxyl groups is 1. The molecule has 1 saturated carbocycles. The van der Waals surface area contributed by atoms with Crippen LogP contribution in [0.1, 0.15) is 30.7 Å². The fraction of sp³-hybridized carbons (Fsp3) is 0.562. The standard InChI is InChI=1S/C16H19Cl2NO3/c17-13-3-1-2-10(14(13)18)11-8-12(11)15(20)19-9-16(21)4-6-22-7-5-16/h1-3,11-12,21H,4-9H2,(H,19,20). The highest BCUT2D eigenvalue weighted by Crippen LogP contribution is 2.50. The molecule has 0 radical (unpaired) electrons. The molecule has 0 bridgehead atoms. The van der Waals surface area contributed by atoms with Crippen molar-refractivity contribution in [3.05, 3.63) is 33.8 Å². The second-order valence-electron chi connectivity index (χ2n) is 6.15. The molecule has 2 atom stereocenters. The number of hydrogen-bond acceptors (Lipinski definition) is 3. The second-order valence-corrected chi connectivity index (χ2v) is 6.93. The smallest absolute Gasteiger partial charge is 0.223 e. The summed E-state index contributed by atoms with van der Waals surface area (Å²) in [7, 11) is 0. The third kappa shape index (κ3) is 3.40. The van der Waals surface area contributed by atoms with Crippen molar-refractivity contribution < 1.29 is 14.6 Å². The largest absolute Gasteiger partial charge is 0.388 e. The first kappa shape index (κ1) is 16.1. The summed E-state index contributed by atoms with van der Waals surface area (Å²) in [5, 5.41) is 14.3. The predicted molar refractivity (Wildman–Crippen MR) is 85.3 cm³/mol. The van der Waals surface area contributed by atoms with Gasteiger partial charge in [-0.3, -0.25) is 4.79 Å². The number of benzene rings is 1. The number of carbonyl (C=O) groups excluding carboxylic acids is 1. The molecule has 1 aromatic carbocycles. The Balaban J connectivity index is 1.55. The van der Waals surface area contributed by atoms with E-state index in [0.29, 0.717) is 36.1 Å². The van der Waals surface area contributed by atoms with Gasteiger partial charge >= 0.3 is 0 Å². The van der Waals surface area contributed by atoms with Gasteiger partial charge in [0, 0.05) is 38.5 Å². The fourth-order valence-electron chi connectivity index (χ4n) is 2.95. The van der Waals surface area contributed by atoms with Crippen LogP contribution in [-0.2, 0) is 9.53 Å². The minimum atomic E-state index is -0.841. The van der Waals surface area contributed by atoms with Crippen LogP contribution >= 0.6 is 23.2 Å². The minimum absolute atomic E-state index is 0.0269. The summed E-state index contributed by atoms with van der Waals surface area (Å²) in [6, 6.07) is 5.51. The molecule has 6 heteroatoms. The maximum absolute atomic E-state index is 12.2. The van der Waals surface area contributed by atoms with Gasteiger partial charge in [0.1, 0.15) is 0 Å². The van der Waals surface area contributed by atoms with Crippen molar-refractivity contribution in [1.29, 1.82) is 0 Å². The number of nitrogens with one attached hydrogen (secondary N) is 1. The normalized spacial score (nSPS) is 26.5. The molecule has 1 aliphatic carbocycles. The van der Waals surface area contributed by atoms with E-state index in [1.807, 2.05) is 12.1 Å². The molecule has 3 rings (SSSR count). The fourth-order valence-corrected chi connectivity index (χ4v) is 3.39. The van der Waals surface area contributed by atoms with E-state index in [1.54, 1.807) is 6.07 Å². The Labute approximate surface area is 139 Å². The molecule has 2 aliphatic rings. The van der Waals surface area contributed by atoms with Crippen LogP contribution in [0.15, 0.2) is 18.2 Å². The SMILES string of the molecule is O=C(NCC1(O)CCOCC1)C1CC1c1cccc(Cl)c1Cl. The van der Waals surface area contributed by atoms with Gasteiger partial charge < -0.3 is 15.2 Å². The highest BCUT2D eigenvalue weighted by Gasteiger charge is 2.45. The van der Waals surface area contributed by atoms with Gasteiger partial charge in [0.05, 0.1) is 15.6 Å². The number of halogens is 2. The van der Waals surface area contributed by atoms with E-state index in [2.05, 4.69) is 5.32 Å². The average molecular weight is 344 g/mol. The van der Waals surface area contributed by atoms with Gasteiger partial charge in [-0.25, -0.2) is 0 Å². The number of amides is 1. The van der Waals surface area contributed by atoms with Crippen LogP contribution in [0.3, 0.4) is 0 Å². The van der Waals surface area contributed by atoms with Crippen molar-refractivity contribution in [3.63, 3.8) is 0 Å². The second kappa shape index (κ2) is 6.36. The molecule has 1 aliphatic heterocycles. The summed E-state index contributed by atoms with van der Waals surface area (Å²) in [6.07, 6.45) is 1.89. The molecule has 0 spiro atoms. The monoisotopic (exact) mass is 343 g/mol. The van der Waals surface area contributed by atoms with Crippen LogP contribution in [0.4, 0.5) is 0 Å². The van der Waals surface area contributed by atoms with Crippen molar-refractivity contribution in [3.8, 4) is 0 Å². The van der Waals surface area contributed by atoms with E-state index in [0.717, 1.165) is 12.0 Å². The van der Waals surface area contributed by atoms with Crippen LogP contribution < -0.4 is 5.32 Å². The van der Waals surface area contributed by atoms with Gasteiger partial charge in [0.25, 0.3) is 0 Å². The summed E-state index contributed by atoms with van der Waals surface area (Å²) in [6.45, 7) is 1.36. The Morgan fingerprint density at radius 1 is 1.36 bits per heavy atom. The molecule has 1 amide bonds. The maximum Gasteiger partial charge on any atom is 0.223 e. The topological polar surface area (TPSA) is 58.6 Å². The first-order valence-corrected chi connectivity index (χ1v) is 8.27. The van der Waals surface area contributed by atoms with E-state index < -0.39 is 5.60 Å². The molecule has 4 nitrogen and oxygen atoms in total. The molecule has 2 fully saturated rings. The lowest BCUT2D eigenvalue weighted by Crippen LogP contribution is -2.47. The quantitative estimate of drug-likeness (QED) is 0.883. The average Bonchev–Trinajstić information content (AvgIpc) is 3.29.